The Morgan fingerprint density at radius 1 is 1.50 bits per heavy atom. The molecule has 9 heteroatoms. The third-order valence-electron chi connectivity index (χ3n) is 4.56. The van der Waals surface area contributed by atoms with Crippen LogP contribution < -0.4 is 10.2 Å². The number of aliphatic hydroxyl groups is 1. The number of hydrogen-bond acceptors (Lipinski definition) is 7. The van der Waals surface area contributed by atoms with Crippen molar-refractivity contribution in [2.24, 2.45) is 0 Å². The molecule has 3 rings (SSSR count). The minimum Gasteiger partial charge on any atom is -0.465 e. The van der Waals surface area contributed by atoms with Crippen molar-refractivity contribution < 1.29 is 19.5 Å². The van der Waals surface area contributed by atoms with Gasteiger partial charge in [0.1, 0.15) is 12.6 Å². The number of ether oxygens (including phenoxy) is 1. The van der Waals surface area contributed by atoms with Crippen LogP contribution in [0.2, 0.25) is 0 Å². The molecule has 2 aromatic rings. The van der Waals surface area contributed by atoms with Gasteiger partial charge in [-0.15, -0.1) is 5.10 Å². The number of likely N-dealkylation sites (tertiary alicyclic amines) is 1. The van der Waals surface area contributed by atoms with E-state index in [-0.39, 0.29) is 5.97 Å². The van der Waals surface area contributed by atoms with Crippen LogP contribution in [0.25, 0.3) is 0 Å². The molecule has 0 aliphatic carbocycles. The van der Waals surface area contributed by atoms with Crippen molar-refractivity contribution in [3.63, 3.8) is 0 Å². The smallest absolute Gasteiger partial charge is 0.364 e. The number of quaternary nitrogens is 1. The first-order valence-electron chi connectivity index (χ1n) is 8.54. The van der Waals surface area contributed by atoms with Crippen LogP contribution in [0.1, 0.15) is 18.9 Å². The van der Waals surface area contributed by atoms with E-state index < -0.39 is 12.1 Å². The minimum atomic E-state index is -0.517. The number of anilines is 2. The van der Waals surface area contributed by atoms with Gasteiger partial charge in [0.2, 0.25) is 5.13 Å². The summed E-state index contributed by atoms with van der Waals surface area (Å²) in [6.07, 6.45) is 0.880. The molecule has 26 heavy (non-hydrogen) atoms. The van der Waals surface area contributed by atoms with Gasteiger partial charge in [-0.25, -0.2) is 4.79 Å². The van der Waals surface area contributed by atoms with Crippen molar-refractivity contribution in [1.29, 1.82) is 0 Å². The Labute approximate surface area is 161 Å². The summed E-state index contributed by atoms with van der Waals surface area (Å²) in [6, 6.07) is 7.80. The standard InChI is InChI=1S/C17H22N4O3S2/c1-3-11-4-6-12(7-5-11)18-16-19-21(17(25)26-16)10-20-9-13(22)8-14(20)15(23)24-2/h4-7,13-14,22H,3,8-10H2,1-2H3,(H,18,19)/p+1/t13-,14-/m0/s1. The molecular weight excluding hydrogens is 372 g/mol. The molecule has 1 aromatic heterocycles. The lowest BCUT2D eigenvalue weighted by molar-refractivity contribution is -0.928. The number of aliphatic hydroxyl groups excluding tert-OH is 1. The number of aromatic nitrogens is 2. The van der Waals surface area contributed by atoms with E-state index in [0.29, 0.717) is 28.7 Å². The number of nitrogens with zero attached hydrogens (tertiary/aromatic N) is 2. The Balaban J connectivity index is 1.71. The largest absolute Gasteiger partial charge is 0.465 e. The molecule has 140 valence electrons. The van der Waals surface area contributed by atoms with E-state index in [1.54, 1.807) is 4.68 Å². The van der Waals surface area contributed by atoms with Crippen LogP contribution >= 0.6 is 23.6 Å². The lowest BCUT2D eigenvalue weighted by Gasteiger charge is -2.18. The number of benzene rings is 1. The van der Waals surface area contributed by atoms with Gasteiger partial charge in [0.15, 0.2) is 16.7 Å². The van der Waals surface area contributed by atoms with E-state index in [4.69, 9.17) is 17.0 Å². The molecule has 0 amide bonds. The SMILES string of the molecule is CCc1ccc(Nc2nn(C[NH+]3C[C@@H](O)C[C@H]3C(=O)OC)c(=S)s2)cc1. The summed E-state index contributed by atoms with van der Waals surface area (Å²) in [4.78, 5) is 12.8. The zero-order valence-corrected chi connectivity index (χ0v) is 16.4. The maximum atomic E-state index is 11.9. The maximum absolute atomic E-state index is 11.9. The molecule has 7 nitrogen and oxygen atoms in total. The zero-order valence-electron chi connectivity index (χ0n) is 14.8. The van der Waals surface area contributed by atoms with Gasteiger partial charge >= 0.3 is 5.97 Å². The molecule has 1 unspecified atom stereocenters. The van der Waals surface area contributed by atoms with Gasteiger partial charge in [0.25, 0.3) is 0 Å². The fourth-order valence-corrected chi connectivity index (χ4v) is 4.17. The number of nitrogens with one attached hydrogen (secondary N) is 2. The molecule has 0 saturated carbocycles. The van der Waals surface area contributed by atoms with E-state index >= 15 is 0 Å². The van der Waals surface area contributed by atoms with Gasteiger partial charge in [-0.05, 0) is 36.3 Å². The van der Waals surface area contributed by atoms with Crippen LogP contribution in [0, 0.1) is 3.95 Å². The van der Waals surface area contributed by atoms with Crippen LogP contribution in [0.5, 0.6) is 0 Å². The first kappa shape index (κ1) is 19.0. The van der Waals surface area contributed by atoms with E-state index in [9.17, 15) is 9.90 Å². The van der Waals surface area contributed by atoms with Crippen LogP contribution in [-0.4, -0.2) is 46.7 Å². The highest BCUT2D eigenvalue weighted by molar-refractivity contribution is 7.73. The van der Waals surface area contributed by atoms with E-state index in [1.165, 1.54) is 24.0 Å². The minimum absolute atomic E-state index is 0.312. The summed E-state index contributed by atoms with van der Waals surface area (Å²) in [5.41, 5.74) is 2.23. The first-order valence-corrected chi connectivity index (χ1v) is 9.77. The molecule has 0 spiro atoms. The summed E-state index contributed by atoms with van der Waals surface area (Å²) in [5, 5.41) is 18.4. The number of rotatable bonds is 6. The van der Waals surface area contributed by atoms with Gasteiger partial charge in [-0.1, -0.05) is 30.4 Å². The van der Waals surface area contributed by atoms with Crippen LogP contribution in [0.4, 0.5) is 10.8 Å². The van der Waals surface area contributed by atoms with E-state index in [1.807, 2.05) is 12.1 Å². The third kappa shape index (κ3) is 4.29. The Morgan fingerprint density at radius 3 is 2.88 bits per heavy atom. The number of esters is 1. The summed E-state index contributed by atoms with van der Waals surface area (Å²) >= 11 is 6.79. The quantitative estimate of drug-likeness (QED) is 0.503. The third-order valence-corrected chi connectivity index (χ3v) is 5.78. The van der Waals surface area contributed by atoms with Crippen molar-refractivity contribution in [2.75, 3.05) is 19.0 Å². The monoisotopic (exact) mass is 395 g/mol. The molecule has 1 aromatic carbocycles. The molecular formula is C17H23N4O3S2+. The number of methoxy groups -OCH3 is 1. The zero-order chi connectivity index (χ0) is 18.7. The second-order valence-electron chi connectivity index (χ2n) is 6.33. The first-order chi connectivity index (χ1) is 12.5. The van der Waals surface area contributed by atoms with Gasteiger partial charge < -0.3 is 20.1 Å². The second-order valence-corrected chi connectivity index (χ2v) is 7.96. The van der Waals surface area contributed by atoms with E-state index in [2.05, 4.69) is 29.5 Å². The molecule has 0 radical (unpaired) electrons. The van der Waals surface area contributed by atoms with Gasteiger partial charge in [0.05, 0.1) is 7.11 Å². The van der Waals surface area contributed by atoms with Gasteiger partial charge in [-0.2, -0.15) is 4.68 Å². The van der Waals surface area contributed by atoms with Crippen LogP contribution in [0.3, 0.4) is 0 Å². The summed E-state index contributed by atoms with van der Waals surface area (Å²) in [5.74, 6) is -0.312. The van der Waals surface area contributed by atoms with Crippen LogP contribution in [0.15, 0.2) is 24.3 Å². The normalized spacial score (nSPS) is 22.3. The highest BCUT2D eigenvalue weighted by Crippen LogP contribution is 2.20. The molecule has 1 fully saturated rings. The molecule has 3 N–H and O–H groups in total. The average Bonchev–Trinajstić information content (AvgIpc) is 3.17. The lowest BCUT2D eigenvalue weighted by Crippen LogP contribution is -3.14. The summed E-state index contributed by atoms with van der Waals surface area (Å²) < 4.78 is 7.17. The number of aryl methyl sites for hydroxylation is 1. The predicted molar refractivity (Wildman–Crippen MR) is 102 cm³/mol. The fourth-order valence-electron chi connectivity index (χ4n) is 3.14. The average molecular weight is 396 g/mol. The summed E-state index contributed by atoms with van der Waals surface area (Å²) in [6.45, 7) is 3.01. The topological polar surface area (TPSA) is 80.8 Å². The number of carbonyl (C=O) groups excluding carboxylic acids is 1. The van der Waals surface area contributed by atoms with Crippen molar-refractivity contribution >= 4 is 40.3 Å². The molecule has 3 atom stereocenters. The molecule has 1 aliphatic rings. The van der Waals surface area contributed by atoms with Crippen molar-refractivity contribution in [3.05, 3.63) is 33.8 Å². The summed E-state index contributed by atoms with van der Waals surface area (Å²) in [7, 11) is 1.37. The molecule has 0 bridgehead atoms. The Bertz CT molecular complexity index is 818. The molecule has 2 heterocycles. The Hall–Kier alpha value is -1.81. The molecule has 1 aliphatic heterocycles. The lowest BCUT2D eigenvalue weighted by atomic mass is 10.1. The highest BCUT2D eigenvalue weighted by Gasteiger charge is 2.41. The maximum Gasteiger partial charge on any atom is 0.364 e. The van der Waals surface area contributed by atoms with Crippen molar-refractivity contribution in [1.82, 2.24) is 9.78 Å². The second kappa shape index (κ2) is 8.26. The van der Waals surface area contributed by atoms with Gasteiger partial charge in [0, 0.05) is 12.1 Å². The Morgan fingerprint density at radius 2 is 2.23 bits per heavy atom. The number of carbonyl (C=O) groups is 1. The number of hydrogen-bond donors (Lipinski definition) is 3. The highest BCUT2D eigenvalue weighted by atomic mass is 32.1. The van der Waals surface area contributed by atoms with Crippen molar-refractivity contribution in [2.45, 2.75) is 38.6 Å². The van der Waals surface area contributed by atoms with Crippen LogP contribution in [-0.2, 0) is 22.6 Å². The van der Waals surface area contributed by atoms with Gasteiger partial charge in [-0.3, -0.25) is 0 Å². The molecule has 1 saturated heterocycles. The predicted octanol–water partition coefficient (Wildman–Crippen LogP) is 1.13. The fraction of sp³-hybridized carbons (Fsp3) is 0.471. The van der Waals surface area contributed by atoms with Crippen molar-refractivity contribution in [3.8, 4) is 0 Å². The Kier molecular flexibility index (Phi) is 6.02. The van der Waals surface area contributed by atoms with E-state index in [0.717, 1.165) is 17.0 Å².